The fourth-order valence-electron chi connectivity index (χ4n) is 4.20. The van der Waals surface area contributed by atoms with E-state index < -0.39 is 6.04 Å². The topological polar surface area (TPSA) is 81.5 Å². The van der Waals surface area contributed by atoms with E-state index in [9.17, 15) is 9.59 Å². The van der Waals surface area contributed by atoms with E-state index in [1.165, 1.54) is 17.5 Å². The molecule has 144 valence electrons. The van der Waals surface area contributed by atoms with Gasteiger partial charge in [0.2, 0.25) is 5.91 Å². The summed E-state index contributed by atoms with van der Waals surface area (Å²) in [5, 5.41) is 7.63. The van der Waals surface area contributed by atoms with Crippen LogP contribution in [-0.4, -0.2) is 26.1 Å². The summed E-state index contributed by atoms with van der Waals surface area (Å²) in [6, 6.07) is 3.13. The van der Waals surface area contributed by atoms with Crippen LogP contribution >= 0.6 is 0 Å². The molecule has 3 heterocycles. The molecule has 0 bridgehead atoms. The molecule has 1 N–H and O–H groups in total. The monoisotopic (exact) mass is 370 g/mol. The number of rotatable bonds is 4. The predicted molar refractivity (Wildman–Crippen MR) is 103 cm³/mol. The van der Waals surface area contributed by atoms with Crippen LogP contribution in [0, 0.1) is 6.92 Å². The predicted octanol–water partition coefficient (Wildman–Crippen LogP) is 3.34. The number of hydrogen-bond donors (Lipinski definition) is 1. The van der Waals surface area contributed by atoms with Crippen LogP contribution in [0.25, 0.3) is 16.6 Å². The molecule has 3 aromatic heterocycles. The highest BCUT2D eigenvalue weighted by Crippen LogP contribution is 2.22. The first-order valence-electron chi connectivity index (χ1n) is 9.88. The fraction of sp³-hybridized carbons (Fsp3) is 0.550. The molecule has 7 nitrogen and oxygen atoms in total. The van der Waals surface area contributed by atoms with Crippen molar-refractivity contribution in [3.05, 3.63) is 34.6 Å². The molecule has 1 atom stereocenters. The second-order valence-corrected chi connectivity index (χ2v) is 7.45. The zero-order chi connectivity index (χ0) is 19.0. The van der Waals surface area contributed by atoms with Gasteiger partial charge in [-0.1, -0.05) is 32.6 Å². The zero-order valence-electron chi connectivity index (χ0n) is 15.9. The standard InChI is InChI=1S/C20H26N4O3/c1-3-15(19(25)21-14-8-6-4-5-7-9-14)24-20(26)17-12-18-16(10-11-27-18)23(17)13(2)22-24/h10-12,14-15H,3-9H2,1-2H3,(H,21,25)/t15-/m0/s1. The van der Waals surface area contributed by atoms with Gasteiger partial charge in [-0.2, -0.15) is 5.10 Å². The number of aryl methyl sites for hydroxylation is 1. The van der Waals surface area contributed by atoms with Crippen LogP contribution < -0.4 is 10.9 Å². The first kappa shape index (κ1) is 17.8. The second kappa shape index (κ2) is 7.21. The Labute approximate surface area is 157 Å². The van der Waals surface area contributed by atoms with Crippen molar-refractivity contribution in [2.24, 2.45) is 0 Å². The Morgan fingerprint density at radius 2 is 2.04 bits per heavy atom. The minimum Gasteiger partial charge on any atom is -0.463 e. The van der Waals surface area contributed by atoms with Crippen molar-refractivity contribution in [3.63, 3.8) is 0 Å². The normalized spacial score (nSPS) is 17.3. The van der Waals surface area contributed by atoms with Crippen LogP contribution in [-0.2, 0) is 4.79 Å². The van der Waals surface area contributed by atoms with Gasteiger partial charge in [-0.15, -0.1) is 0 Å². The van der Waals surface area contributed by atoms with Gasteiger partial charge in [-0.05, 0) is 26.2 Å². The minimum atomic E-state index is -0.606. The van der Waals surface area contributed by atoms with Crippen LogP contribution in [0.15, 0.2) is 27.6 Å². The third kappa shape index (κ3) is 3.15. The molecular formula is C20H26N4O3. The number of nitrogens with zero attached hydrogens (tertiary/aromatic N) is 3. The molecule has 1 fully saturated rings. The highest BCUT2D eigenvalue weighted by Gasteiger charge is 2.26. The first-order chi connectivity index (χ1) is 13.1. The number of hydrogen-bond acceptors (Lipinski definition) is 4. The van der Waals surface area contributed by atoms with Gasteiger partial charge in [0, 0.05) is 18.2 Å². The average Bonchev–Trinajstić information content (AvgIpc) is 3.14. The third-order valence-corrected chi connectivity index (χ3v) is 5.61. The molecule has 7 heteroatoms. The molecule has 1 amide bonds. The smallest absolute Gasteiger partial charge is 0.291 e. The van der Waals surface area contributed by atoms with E-state index in [0.29, 0.717) is 23.3 Å². The quantitative estimate of drug-likeness (QED) is 0.714. The molecule has 0 radical (unpaired) electrons. The van der Waals surface area contributed by atoms with E-state index in [1.807, 2.05) is 19.9 Å². The summed E-state index contributed by atoms with van der Waals surface area (Å²) in [6.45, 7) is 3.75. The molecule has 0 aromatic carbocycles. The Morgan fingerprint density at radius 1 is 1.30 bits per heavy atom. The van der Waals surface area contributed by atoms with Crippen LogP contribution in [0.1, 0.15) is 63.7 Å². The molecule has 27 heavy (non-hydrogen) atoms. The van der Waals surface area contributed by atoms with Gasteiger partial charge in [0.1, 0.15) is 17.4 Å². The van der Waals surface area contributed by atoms with Gasteiger partial charge >= 0.3 is 0 Å². The number of furan rings is 1. The molecule has 1 aliphatic carbocycles. The Bertz CT molecular complexity index is 1020. The van der Waals surface area contributed by atoms with Gasteiger partial charge < -0.3 is 9.73 Å². The van der Waals surface area contributed by atoms with Crippen molar-refractivity contribution in [1.29, 1.82) is 0 Å². The Kier molecular flexibility index (Phi) is 4.76. The molecular weight excluding hydrogens is 344 g/mol. The summed E-state index contributed by atoms with van der Waals surface area (Å²) in [4.78, 5) is 26.0. The number of aromatic nitrogens is 3. The summed E-state index contributed by atoms with van der Waals surface area (Å²) in [6.07, 6.45) is 8.89. The summed E-state index contributed by atoms with van der Waals surface area (Å²) in [5.74, 6) is 0.541. The third-order valence-electron chi connectivity index (χ3n) is 5.61. The zero-order valence-corrected chi connectivity index (χ0v) is 15.9. The van der Waals surface area contributed by atoms with Crippen molar-refractivity contribution < 1.29 is 9.21 Å². The van der Waals surface area contributed by atoms with E-state index in [2.05, 4.69) is 10.4 Å². The van der Waals surface area contributed by atoms with E-state index in [1.54, 1.807) is 16.7 Å². The van der Waals surface area contributed by atoms with E-state index in [4.69, 9.17) is 4.42 Å². The maximum atomic E-state index is 13.1. The number of amides is 1. The van der Waals surface area contributed by atoms with Crippen molar-refractivity contribution >= 4 is 22.5 Å². The van der Waals surface area contributed by atoms with Crippen LogP contribution in [0.4, 0.5) is 0 Å². The van der Waals surface area contributed by atoms with Gasteiger partial charge in [0.05, 0.1) is 11.8 Å². The lowest BCUT2D eigenvalue weighted by atomic mass is 10.1. The van der Waals surface area contributed by atoms with Gasteiger partial charge in [0.15, 0.2) is 5.58 Å². The maximum Gasteiger partial charge on any atom is 0.291 e. The molecule has 0 aliphatic heterocycles. The average molecular weight is 370 g/mol. The molecule has 0 unspecified atom stereocenters. The number of carbonyl (C=O) groups excluding carboxylic acids is 1. The Morgan fingerprint density at radius 3 is 2.74 bits per heavy atom. The summed E-state index contributed by atoms with van der Waals surface area (Å²) < 4.78 is 8.55. The molecule has 0 saturated heterocycles. The molecule has 4 rings (SSSR count). The van der Waals surface area contributed by atoms with Gasteiger partial charge in [0.25, 0.3) is 5.56 Å². The number of carbonyl (C=O) groups is 1. The van der Waals surface area contributed by atoms with Crippen molar-refractivity contribution in [2.45, 2.75) is 70.9 Å². The van der Waals surface area contributed by atoms with E-state index in [-0.39, 0.29) is 17.5 Å². The molecule has 1 aliphatic rings. The summed E-state index contributed by atoms with van der Waals surface area (Å²) in [5.41, 5.74) is 1.67. The molecule has 1 saturated carbocycles. The second-order valence-electron chi connectivity index (χ2n) is 7.45. The van der Waals surface area contributed by atoms with E-state index in [0.717, 1.165) is 31.2 Å². The first-order valence-corrected chi connectivity index (χ1v) is 9.88. The van der Waals surface area contributed by atoms with Crippen LogP contribution in [0.5, 0.6) is 0 Å². The Hall–Kier alpha value is -2.57. The lowest BCUT2D eigenvalue weighted by molar-refractivity contribution is -0.125. The fourth-order valence-corrected chi connectivity index (χ4v) is 4.20. The van der Waals surface area contributed by atoms with Crippen molar-refractivity contribution in [3.8, 4) is 0 Å². The minimum absolute atomic E-state index is 0.113. The van der Waals surface area contributed by atoms with Crippen molar-refractivity contribution in [1.82, 2.24) is 19.5 Å². The lowest BCUT2D eigenvalue weighted by Gasteiger charge is -2.22. The van der Waals surface area contributed by atoms with Gasteiger partial charge in [-0.3, -0.25) is 14.0 Å². The largest absolute Gasteiger partial charge is 0.463 e. The molecule has 3 aromatic rings. The highest BCUT2D eigenvalue weighted by molar-refractivity contribution is 5.83. The Balaban J connectivity index is 1.69. The lowest BCUT2D eigenvalue weighted by Crippen LogP contribution is -2.43. The van der Waals surface area contributed by atoms with Crippen molar-refractivity contribution in [2.75, 3.05) is 0 Å². The van der Waals surface area contributed by atoms with Crippen LogP contribution in [0.3, 0.4) is 0 Å². The maximum absolute atomic E-state index is 13.1. The van der Waals surface area contributed by atoms with Gasteiger partial charge in [-0.25, -0.2) is 4.68 Å². The summed E-state index contributed by atoms with van der Waals surface area (Å²) in [7, 11) is 0. The summed E-state index contributed by atoms with van der Waals surface area (Å²) >= 11 is 0. The van der Waals surface area contributed by atoms with Crippen LogP contribution in [0.2, 0.25) is 0 Å². The molecule has 0 spiro atoms. The highest BCUT2D eigenvalue weighted by atomic mass is 16.3. The number of nitrogens with one attached hydrogen (secondary N) is 1. The number of fused-ring (bicyclic) bond motifs is 3. The van der Waals surface area contributed by atoms with E-state index >= 15 is 0 Å². The SMILES string of the molecule is CC[C@@H](C(=O)NC1CCCCCC1)n1nc(C)n2c(cc3occc32)c1=O.